The van der Waals surface area contributed by atoms with Gasteiger partial charge in [0.1, 0.15) is 0 Å². The van der Waals surface area contributed by atoms with Crippen LogP contribution in [0.1, 0.15) is 28.9 Å². The van der Waals surface area contributed by atoms with Gasteiger partial charge in [0.05, 0.1) is 18.2 Å². The van der Waals surface area contributed by atoms with E-state index in [1.807, 2.05) is 25.1 Å². The fourth-order valence-electron chi connectivity index (χ4n) is 2.88. The van der Waals surface area contributed by atoms with Gasteiger partial charge in [-0.25, -0.2) is 0 Å². The molecule has 0 heterocycles. The summed E-state index contributed by atoms with van der Waals surface area (Å²) in [6, 6.07) is 21.0. The standard InChI is InChI=1S/C21H21N3O2/c1-14(16-11-10-15-6-2-3-7-17(15)12-16)24-20(25)13-23-19-9-5-4-8-18(19)21(22)26/h2-12,14,23H,13H2,1H3,(H2,22,26)(H,24,25). The molecule has 5 nitrogen and oxygen atoms in total. The Morgan fingerprint density at radius 3 is 2.42 bits per heavy atom. The lowest BCUT2D eigenvalue weighted by molar-refractivity contribution is -0.120. The molecule has 0 aliphatic heterocycles. The van der Waals surface area contributed by atoms with Crippen LogP contribution in [0.15, 0.2) is 66.7 Å². The third kappa shape index (κ3) is 4.00. The van der Waals surface area contributed by atoms with Crippen molar-refractivity contribution < 1.29 is 9.59 Å². The Morgan fingerprint density at radius 2 is 1.65 bits per heavy atom. The van der Waals surface area contributed by atoms with Gasteiger partial charge in [0.25, 0.3) is 5.91 Å². The number of fused-ring (bicyclic) bond motifs is 1. The van der Waals surface area contributed by atoms with Gasteiger partial charge in [0, 0.05) is 5.69 Å². The summed E-state index contributed by atoms with van der Waals surface area (Å²) in [5.41, 5.74) is 7.29. The fourth-order valence-corrected chi connectivity index (χ4v) is 2.88. The molecule has 5 heteroatoms. The number of nitrogens with two attached hydrogens (primary N) is 1. The molecule has 0 fully saturated rings. The van der Waals surface area contributed by atoms with E-state index in [2.05, 4.69) is 34.9 Å². The van der Waals surface area contributed by atoms with Crippen LogP contribution < -0.4 is 16.4 Å². The van der Waals surface area contributed by atoms with Crippen LogP contribution in [0.4, 0.5) is 5.69 Å². The monoisotopic (exact) mass is 347 g/mol. The van der Waals surface area contributed by atoms with Gasteiger partial charge in [-0.3, -0.25) is 9.59 Å². The Kier molecular flexibility index (Phi) is 5.17. The number of primary amides is 1. The molecule has 0 aliphatic rings. The average Bonchev–Trinajstić information content (AvgIpc) is 2.66. The van der Waals surface area contributed by atoms with Crippen molar-refractivity contribution in [1.29, 1.82) is 0 Å². The highest BCUT2D eigenvalue weighted by molar-refractivity contribution is 5.99. The molecule has 1 unspecified atom stereocenters. The van der Waals surface area contributed by atoms with Crippen LogP contribution in [0.3, 0.4) is 0 Å². The van der Waals surface area contributed by atoms with Crippen molar-refractivity contribution in [3.63, 3.8) is 0 Å². The SMILES string of the molecule is CC(NC(=O)CNc1ccccc1C(N)=O)c1ccc2ccccc2c1. The highest BCUT2D eigenvalue weighted by Gasteiger charge is 2.12. The largest absolute Gasteiger partial charge is 0.376 e. The molecule has 4 N–H and O–H groups in total. The van der Waals surface area contributed by atoms with Crippen LogP contribution in [0.2, 0.25) is 0 Å². The fraction of sp³-hybridized carbons (Fsp3) is 0.143. The average molecular weight is 347 g/mol. The predicted octanol–water partition coefficient (Wildman–Crippen LogP) is 3.23. The van der Waals surface area contributed by atoms with E-state index < -0.39 is 5.91 Å². The zero-order chi connectivity index (χ0) is 18.5. The van der Waals surface area contributed by atoms with E-state index in [0.29, 0.717) is 11.3 Å². The van der Waals surface area contributed by atoms with Gasteiger partial charge in [-0.1, -0.05) is 48.5 Å². The normalized spacial score (nSPS) is 11.7. The maximum atomic E-state index is 12.3. The van der Waals surface area contributed by atoms with Crippen molar-refractivity contribution in [1.82, 2.24) is 5.32 Å². The number of carbonyl (C=O) groups excluding carboxylic acids is 2. The molecule has 0 aromatic heterocycles. The summed E-state index contributed by atoms with van der Waals surface area (Å²) in [7, 11) is 0. The molecular weight excluding hydrogens is 326 g/mol. The number of benzene rings is 3. The van der Waals surface area contributed by atoms with Crippen LogP contribution in [-0.4, -0.2) is 18.4 Å². The first-order valence-corrected chi connectivity index (χ1v) is 8.45. The van der Waals surface area contributed by atoms with Crippen molar-refractivity contribution in [2.75, 3.05) is 11.9 Å². The number of nitrogens with one attached hydrogen (secondary N) is 2. The number of hydrogen-bond acceptors (Lipinski definition) is 3. The molecule has 3 aromatic rings. The zero-order valence-electron chi connectivity index (χ0n) is 14.5. The highest BCUT2D eigenvalue weighted by atomic mass is 16.2. The van der Waals surface area contributed by atoms with E-state index in [0.717, 1.165) is 10.9 Å². The zero-order valence-corrected chi connectivity index (χ0v) is 14.5. The summed E-state index contributed by atoms with van der Waals surface area (Å²) >= 11 is 0. The molecule has 132 valence electrons. The molecule has 2 amide bonds. The second-order valence-corrected chi connectivity index (χ2v) is 6.16. The molecule has 1 atom stereocenters. The Hall–Kier alpha value is -3.34. The van der Waals surface area contributed by atoms with E-state index >= 15 is 0 Å². The van der Waals surface area contributed by atoms with Crippen LogP contribution in [0.5, 0.6) is 0 Å². The van der Waals surface area contributed by atoms with E-state index in [1.165, 1.54) is 5.39 Å². The summed E-state index contributed by atoms with van der Waals surface area (Å²) in [5, 5.41) is 8.23. The molecular formula is C21H21N3O2. The topological polar surface area (TPSA) is 84.2 Å². The molecule has 3 aromatic carbocycles. The molecule has 0 saturated carbocycles. The molecule has 0 spiro atoms. The maximum absolute atomic E-state index is 12.3. The predicted molar refractivity (Wildman–Crippen MR) is 104 cm³/mol. The van der Waals surface area contributed by atoms with E-state index in [9.17, 15) is 9.59 Å². The van der Waals surface area contributed by atoms with Crippen LogP contribution >= 0.6 is 0 Å². The minimum absolute atomic E-state index is 0.0578. The van der Waals surface area contributed by atoms with Crippen LogP contribution in [-0.2, 0) is 4.79 Å². The lowest BCUT2D eigenvalue weighted by Gasteiger charge is -2.16. The van der Waals surface area contributed by atoms with Gasteiger partial charge >= 0.3 is 0 Å². The summed E-state index contributed by atoms with van der Waals surface area (Å²) in [6.07, 6.45) is 0. The molecule has 0 aliphatic carbocycles. The van der Waals surface area contributed by atoms with E-state index in [4.69, 9.17) is 5.73 Å². The van der Waals surface area contributed by atoms with Crippen LogP contribution in [0.25, 0.3) is 10.8 Å². The van der Waals surface area contributed by atoms with Crippen molar-refractivity contribution in [3.8, 4) is 0 Å². The molecule has 0 radical (unpaired) electrons. The minimum atomic E-state index is -0.530. The number of carbonyl (C=O) groups is 2. The minimum Gasteiger partial charge on any atom is -0.376 e. The lowest BCUT2D eigenvalue weighted by Crippen LogP contribution is -2.32. The van der Waals surface area contributed by atoms with Crippen molar-refractivity contribution in [2.45, 2.75) is 13.0 Å². The Morgan fingerprint density at radius 1 is 0.962 bits per heavy atom. The highest BCUT2D eigenvalue weighted by Crippen LogP contribution is 2.20. The summed E-state index contributed by atoms with van der Waals surface area (Å²) in [5.74, 6) is -0.692. The van der Waals surface area contributed by atoms with E-state index in [-0.39, 0.29) is 18.5 Å². The molecule has 0 saturated heterocycles. The number of anilines is 1. The quantitative estimate of drug-likeness (QED) is 0.640. The third-order valence-electron chi connectivity index (χ3n) is 4.28. The smallest absolute Gasteiger partial charge is 0.250 e. The summed E-state index contributed by atoms with van der Waals surface area (Å²) in [4.78, 5) is 23.7. The number of rotatable bonds is 6. The lowest BCUT2D eigenvalue weighted by atomic mass is 10.0. The third-order valence-corrected chi connectivity index (χ3v) is 4.28. The van der Waals surface area contributed by atoms with Gasteiger partial charge in [0.15, 0.2) is 0 Å². The molecule has 26 heavy (non-hydrogen) atoms. The van der Waals surface area contributed by atoms with Crippen LogP contribution in [0, 0.1) is 0 Å². The van der Waals surface area contributed by atoms with Crippen molar-refractivity contribution in [3.05, 3.63) is 77.9 Å². The summed E-state index contributed by atoms with van der Waals surface area (Å²) in [6.45, 7) is 2.00. The molecule has 3 rings (SSSR count). The number of amides is 2. The first kappa shape index (κ1) is 17.5. The van der Waals surface area contributed by atoms with Crippen molar-refractivity contribution in [2.24, 2.45) is 5.73 Å². The second-order valence-electron chi connectivity index (χ2n) is 6.16. The van der Waals surface area contributed by atoms with Gasteiger partial charge in [-0.2, -0.15) is 0 Å². The maximum Gasteiger partial charge on any atom is 0.250 e. The van der Waals surface area contributed by atoms with Gasteiger partial charge < -0.3 is 16.4 Å². The summed E-state index contributed by atoms with van der Waals surface area (Å²) < 4.78 is 0. The Balaban J connectivity index is 1.63. The number of hydrogen-bond donors (Lipinski definition) is 3. The van der Waals surface area contributed by atoms with Crippen molar-refractivity contribution >= 4 is 28.3 Å². The first-order valence-electron chi connectivity index (χ1n) is 8.45. The number of para-hydroxylation sites is 1. The van der Waals surface area contributed by atoms with E-state index in [1.54, 1.807) is 24.3 Å². The Labute approximate surface area is 152 Å². The first-order chi connectivity index (χ1) is 12.5. The Bertz CT molecular complexity index is 953. The van der Waals surface area contributed by atoms with Gasteiger partial charge in [-0.15, -0.1) is 0 Å². The van der Waals surface area contributed by atoms with Gasteiger partial charge in [-0.05, 0) is 41.5 Å². The van der Waals surface area contributed by atoms with Gasteiger partial charge in [0.2, 0.25) is 5.91 Å². The molecule has 0 bridgehead atoms. The second kappa shape index (κ2) is 7.70.